The number of halogens is 2. The van der Waals surface area contributed by atoms with Crippen LogP contribution in [-0.2, 0) is 14.3 Å². The maximum absolute atomic E-state index is 13.3. The summed E-state index contributed by atoms with van der Waals surface area (Å²) >= 11 is 5.74. The second kappa shape index (κ2) is 3.93. The van der Waals surface area contributed by atoms with Crippen LogP contribution in [0.3, 0.4) is 0 Å². The minimum atomic E-state index is -0.735. The van der Waals surface area contributed by atoms with Gasteiger partial charge in [0.25, 0.3) is 0 Å². The Labute approximate surface area is 125 Å². The van der Waals surface area contributed by atoms with Gasteiger partial charge in [0.15, 0.2) is 0 Å². The Kier molecular flexibility index (Phi) is 2.43. The number of hydrogen-bond acceptors (Lipinski definition) is 3. The summed E-state index contributed by atoms with van der Waals surface area (Å²) in [5.74, 6) is -2.25. The average molecular weight is 308 g/mol. The van der Waals surface area contributed by atoms with E-state index in [2.05, 4.69) is 0 Å². The van der Waals surface area contributed by atoms with Crippen molar-refractivity contribution in [3.8, 4) is 0 Å². The fourth-order valence-electron chi connectivity index (χ4n) is 3.53. The molecule has 4 rings (SSSR count). The SMILES string of the molecule is C[C@@]12C=C[C@H](O1)[C@@H]1C(=O)N(c3ccc(F)c(Cl)c3)C(=O)[C@@H]12. The summed E-state index contributed by atoms with van der Waals surface area (Å²) in [5, 5.41) is -0.117. The number of benzene rings is 1. The third-order valence-electron chi connectivity index (χ3n) is 4.49. The Morgan fingerprint density at radius 2 is 2.10 bits per heavy atom. The van der Waals surface area contributed by atoms with E-state index < -0.39 is 23.3 Å². The van der Waals surface area contributed by atoms with Gasteiger partial charge in [0.1, 0.15) is 5.82 Å². The van der Waals surface area contributed by atoms with Gasteiger partial charge in [-0.05, 0) is 25.1 Å². The van der Waals surface area contributed by atoms with E-state index in [4.69, 9.17) is 16.3 Å². The van der Waals surface area contributed by atoms with Crippen molar-refractivity contribution in [1.82, 2.24) is 0 Å². The zero-order valence-electron chi connectivity index (χ0n) is 11.0. The van der Waals surface area contributed by atoms with Gasteiger partial charge in [-0.1, -0.05) is 23.8 Å². The van der Waals surface area contributed by atoms with Crippen molar-refractivity contribution in [2.24, 2.45) is 11.8 Å². The van der Waals surface area contributed by atoms with Crippen molar-refractivity contribution in [2.75, 3.05) is 4.90 Å². The maximum atomic E-state index is 13.3. The van der Waals surface area contributed by atoms with Crippen molar-refractivity contribution < 1.29 is 18.7 Å². The fraction of sp³-hybridized carbons (Fsp3) is 0.333. The van der Waals surface area contributed by atoms with E-state index in [0.29, 0.717) is 5.69 Å². The quantitative estimate of drug-likeness (QED) is 0.591. The van der Waals surface area contributed by atoms with Gasteiger partial charge in [0, 0.05) is 0 Å². The number of amides is 2. The van der Waals surface area contributed by atoms with Crippen LogP contribution in [0.5, 0.6) is 0 Å². The highest BCUT2D eigenvalue weighted by Crippen LogP contribution is 2.52. The second-order valence-corrected chi connectivity index (χ2v) is 6.15. The summed E-state index contributed by atoms with van der Waals surface area (Å²) in [5.41, 5.74) is -0.436. The molecule has 0 aliphatic carbocycles. The highest BCUT2D eigenvalue weighted by Gasteiger charge is 2.66. The summed E-state index contributed by atoms with van der Waals surface area (Å²) in [4.78, 5) is 26.3. The van der Waals surface area contributed by atoms with E-state index in [1.165, 1.54) is 12.1 Å². The van der Waals surface area contributed by atoms with Gasteiger partial charge in [-0.15, -0.1) is 0 Å². The molecule has 1 aromatic rings. The first-order chi connectivity index (χ1) is 9.92. The van der Waals surface area contributed by atoms with Gasteiger partial charge in [-0.3, -0.25) is 9.59 Å². The average Bonchev–Trinajstić information content (AvgIpc) is 3.03. The van der Waals surface area contributed by atoms with Crippen LogP contribution in [0, 0.1) is 17.7 Å². The largest absolute Gasteiger partial charge is 0.362 e. The lowest BCUT2D eigenvalue weighted by molar-refractivity contribution is -0.126. The lowest BCUT2D eigenvalue weighted by atomic mass is 9.78. The molecular formula is C15H11ClFNO3. The molecule has 3 aliphatic heterocycles. The Hall–Kier alpha value is -1.72. The Morgan fingerprint density at radius 3 is 2.76 bits per heavy atom. The molecule has 4 nitrogen and oxygen atoms in total. The summed E-state index contributed by atoms with van der Waals surface area (Å²) < 4.78 is 19.0. The predicted octanol–water partition coefficient (Wildman–Crippen LogP) is 2.31. The lowest BCUT2D eigenvalue weighted by Gasteiger charge is -2.24. The molecular weight excluding hydrogens is 297 g/mol. The van der Waals surface area contributed by atoms with Crippen molar-refractivity contribution >= 4 is 29.1 Å². The molecule has 0 aromatic heterocycles. The van der Waals surface area contributed by atoms with Crippen LogP contribution in [0.15, 0.2) is 30.4 Å². The van der Waals surface area contributed by atoms with Crippen LogP contribution in [0.2, 0.25) is 5.02 Å². The summed E-state index contributed by atoms with van der Waals surface area (Å²) in [6, 6.07) is 3.83. The standard InChI is InChI=1S/C15H11ClFNO3/c1-15-5-4-10(21-15)11-12(15)14(20)18(13(11)19)7-2-3-9(17)8(16)6-7/h2-6,10-12H,1H3/t10-,11-,12+,15-/m0/s1. The first-order valence-corrected chi connectivity index (χ1v) is 7.00. The molecule has 108 valence electrons. The number of imide groups is 1. The van der Waals surface area contributed by atoms with Crippen LogP contribution >= 0.6 is 11.6 Å². The van der Waals surface area contributed by atoms with Crippen LogP contribution in [-0.4, -0.2) is 23.5 Å². The van der Waals surface area contributed by atoms with Crippen molar-refractivity contribution in [2.45, 2.75) is 18.6 Å². The summed E-state index contributed by atoms with van der Waals surface area (Å²) in [7, 11) is 0. The molecule has 2 amide bonds. The smallest absolute Gasteiger partial charge is 0.241 e. The molecule has 21 heavy (non-hydrogen) atoms. The van der Waals surface area contributed by atoms with E-state index >= 15 is 0 Å². The molecule has 0 unspecified atom stereocenters. The van der Waals surface area contributed by atoms with Gasteiger partial charge < -0.3 is 4.74 Å². The molecule has 0 N–H and O–H groups in total. The third kappa shape index (κ3) is 1.53. The molecule has 2 fully saturated rings. The number of nitrogens with zero attached hydrogens (tertiary/aromatic N) is 1. The molecule has 2 saturated heterocycles. The topological polar surface area (TPSA) is 46.6 Å². The number of anilines is 1. The Morgan fingerprint density at radius 1 is 1.33 bits per heavy atom. The number of carbonyl (C=O) groups is 2. The Bertz CT molecular complexity index is 719. The molecule has 0 saturated carbocycles. The van der Waals surface area contributed by atoms with Gasteiger partial charge in [0.05, 0.1) is 34.3 Å². The molecule has 0 radical (unpaired) electrons. The van der Waals surface area contributed by atoms with Gasteiger partial charge in [0.2, 0.25) is 11.8 Å². The van der Waals surface area contributed by atoms with E-state index in [1.807, 2.05) is 12.2 Å². The normalized spacial score (nSPS) is 36.7. The monoisotopic (exact) mass is 307 g/mol. The van der Waals surface area contributed by atoms with E-state index in [0.717, 1.165) is 11.0 Å². The molecule has 1 aromatic carbocycles. The number of rotatable bonds is 1. The first-order valence-electron chi connectivity index (χ1n) is 6.62. The van der Waals surface area contributed by atoms with Gasteiger partial charge in [-0.2, -0.15) is 0 Å². The molecule has 3 heterocycles. The highest BCUT2D eigenvalue weighted by atomic mass is 35.5. The minimum absolute atomic E-state index is 0.117. The van der Waals surface area contributed by atoms with Crippen molar-refractivity contribution in [3.05, 3.63) is 41.2 Å². The second-order valence-electron chi connectivity index (χ2n) is 5.74. The summed E-state index contributed by atoms with van der Waals surface area (Å²) in [6.07, 6.45) is 3.30. The molecule has 6 heteroatoms. The van der Waals surface area contributed by atoms with Crippen LogP contribution in [0.4, 0.5) is 10.1 Å². The first kappa shape index (κ1) is 13.0. The molecule has 4 atom stereocenters. The third-order valence-corrected chi connectivity index (χ3v) is 4.78. The fourth-order valence-corrected chi connectivity index (χ4v) is 3.71. The minimum Gasteiger partial charge on any atom is -0.362 e. The number of hydrogen-bond donors (Lipinski definition) is 0. The molecule has 0 spiro atoms. The molecule has 3 aliphatic rings. The number of fused-ring (bicyclic) bond motifs is 5. The van der Waals surface area contributed by atoms with Crippen LogP contribution in [0.25, 0.3) is 0 Å². The Balaban J connectivity index is 1.78. The van der Waals surface area contributed by atoms with E-state index in [1.54, 1.807) is 6.92 Å². The van der Waals surface area contributed by atoms with Gasteiger partial charge in [-0.25, -0.2) is 9.29 Å². The maximum Gasteiger partial charge on any atom is 0.241 e. The highest BCUT2D eigenvalue weighted by molar-refractivity contribution is 6.31. The lowest BCUT2D eigenvalue weighted by Crippen LogP contribution is -2.38. The zero-order valence-corrected chi connectivity index (χ0v) is 11.8. The molecule has 2 bridgehead atoms. The number of ether oxygens (including phenoxy) is 1. The predicted molar refractivity (Wildman–Crippen MR) is 73.3 cm³/mol. The van der Waals surface area contributed by atoms with Crippen molar-refractivity contribution in [1.29, 1.82) is 0 Å². The van der Waals surface area contributed by atoms with Gasteiger partial charge >= 0.3 is 0 Å². The van der Waals surface area contributed by atoms with E-state index in [-0.39, 0.29) is 22.9 Å². The zero-order chi connectivity index (χ0) is 14.9. The van der Waals surface area contributed by atoms with E-state index in [9.17, 15) is 14.0 Å². The van der Waals surface area contributed by atoms with Crippen molar-refractivity contribution in [3.63, 3.8) is 0 Å². The number of carbonyl (C=O) groups excluding carboxylic acids is 2. The summed E-state index contributed by atoms with van der Waals surface area (Å²) in [6.45, 7) is 1.81. The van der Waals surface area contributed by atoms with Crippen LogP contribution in [0.1, 0.15) is 6.92 Å². The van der Waals surface area contributed by atoms with Crippen LogP contribution < -0.4 is 4.90 Å².